The molecule has 0 heterocycles. The molecule has 0 saturated carbocycles. The van der Waals surface area contributed by atoms with Crippen LogP contribution in [0.25, 0.3) is 11.1 Å². The first kappa shape index (κ1) is 24.8. The zero-order valence-corrected chi connectivity index (χ0v) is 19.8. The van der Waals surface area contributed by atoms with E-state index >= 15 is 0 Å². The molecule has 1 amide bonds. The van der Waals surface area contributed by atoms with E-state index < -0.39 is 0 Å². The van der Waals surface area contributed by atoms with Gasteiger partial charge in [-0.05, 0) is 41.8 Å². The van der Waals surface area contributed by atoms with E-state index in [2.05, 4.69) is 17.5 Å². The predicted molar refractivity (Wildman–Crippen MR) is 136 cm³/mol. The average molecular weight is 461 g/mol. The zero-order valence-electron chi connectivity index (χ0n) is 19.8. The number of benzene rings is 3. The molecule has 3 rings (SSSR count). The number of para-hydroxylation sites is 1. The molecule has 6 heteroatoms. The molecule has 0 bridgehead atoms. The predicted octanol–water partition coefficient (Wildman–Crippen LogP) is 5.85. The second kappa shape index (κ2) is 13.7. The number of methoxy groups -OCH3 is 1. The number of amides is 1. The van der Waals surface area contributed by atoms with Gasteiger partial charge in [-0.25, -0.2) is 5.43 Å². The SMILES string of the molecule is CCCCCCOc1ccc(/C=N/NC(=O)COc2ccccc2-c2ccccc2)cc1OC. The highest BCUT2D eigenvalue weighted by Crippen LogP contribution is 2.29. The van der Waals surface area contributed by atoms with Gasteiger partial charge in [-0.15, -0.1) is 0 Å². The van der Waals surface area contributed by atoms with Crippen LogP contribution in [0.3, 0.4) is 0 Å². The quantitative estimate of drug-likeness (QED) is 0.197. The molecule has 0 saturated heterocycles. The molecule has 0 atom stereocenters. The summed E-state index contributed by atoms with van der Waals surface area (Å²) in [4.78, 5) is 12.2. The van der Waals surface area contributed by atoms with Crippen molar-refractivity contribution in [1.29, 1.82) is 0 Å². The minimum Gasteiger partial charge on any atom is -0.493 e. The second-order valence-electron chi connectivity index (χ2n) is 7.76. The summed E-state index contributed by atoms with van der Waals surface area (Å²) < 4.78 is 17.0. The lowest BCUT2D eigenvalue weighted by molar-refractivity contribution is -0.123. The van der Waals surface area contributed by atoms with Crippen molar-refractivity contribution >= 4 is 12.1 Å². The van der Waals surface area contributed by atoms with E-state index in [9.17, 15) is 4.79 Å². The maximum atomic E-state index is 12.2. The third-order valence-corrected chi connectivity index (χ3v) is 5.18. The number of hydrogen-bond donors (Lipinski definition) is 1. The van der Waals surface area contributed by atoms with Crippen molar-refractivity contribution < 1.29 is 19.0 Å². The van der Waals surface area contributed by atoms with Crippen LogP contribution in [0.4, 0.5) is 0 Å². The molecule has 0 radical (unpaired) electrons. The van der Waals surface area contributed by atoms with Crippen molar-refractivity contribution in [2.75, 3.05) is 20.3 Å². The average Bonchev–Trinajstić information content (AvgIpc) is 2.88. The van der Waals surface area contributed by atoms with Gasteiger partial charge < -0.3 is 14.2 Å². The fraction of sp³-hybridized carbons (Fsp3) is 0.286. The van der Waals surface area contributed by atoms with E-state index in [1.54, 1.807) is 13.3 Å². The number of nitrogens with one attached hydrogen (secondary N) is 1. The topological polar surface area (TPSA) is 69.2 Å². The number of unbranched alkanes of at least 4 members (excludes halogenated alkanes) is 3. The molecule has 34 heavy (non-hydrogen) atoms. The number of hydrazone groups is 1. The van der Waals surface area contributed by atoms with Crippen molar-refractivity contribution in [1.82, 2.24) is 5.43 Å². The number of ether oxygens (including phenoxy) is 3. The maximum Gasteiger partial charge on any atom is 0.277 e. The summed E-state index contributed by atoms with van der Waals surface area (Å²) in [6, 6.07) is 23.1. The van der Waals surface area contributed by atoms with Crippen LogP contribution in [-0.4, -0.2) is 32.4 Å². The number of hydrogen-bond acceptors (Lipinski definition) is 5. The van der Waals surface area contributed by atoms with Gasteiger partial charge in [0.1, 0.15) is 5.75 Å². The molecule has 0 spiro atoms. The van der Waals surface area contributed by atoms with Gasteiger partial charge in [-0.3, -0.25) is 4.79 Å². The van der Waals surface area contributed by atoms with E-state index in [0.717, 1.165) is 29.5 Å². The van der Waals surface area contributed by atoms with Crippen LogP contribution in [-0.2, 0) is 4.79 Å². The largest absolute Gasteiger partial charge is 0.493 e. The van der Waals surface area contributed by atoms with Gasteiger partial charge in [-0.1, -0.05) is 74.7 Å². The third kappa shape index (κ3) is 7.66. The van der Waals surface area contributed by atoms with E-state index in [0.29, 0.717) is 23.9 Å². The standard InChI is InChI=1S/C28H32N2O4/c1-3-4-5-11-18-33-26-17-16-22(19-27(26)32-2)20-29-30-28(31)21-34-25-15-10-9-14-24(25)23-12-7-6-8-13-23/h6-10,12-17,19-20H,3-5,11,18,21H2,1-2H3,(H,30,31)/b29-20+. The van der Waals surface area contributed by atoms with Crippen molar-refractivity contribution in [2.45, 2.75) is 32.6 Å². The number of rotatable bonds is 13. The molecule has 6 nitrogen and oxygen atoms in total. The Morgan fingerprint density at radius 2 is 1.68 bits per heavy atom. The summed E-state index contributed by atoms with van der Waals surface area (Å²) >= 11 is 0. The first-order valence-corrected chi connectivity index (χ1v) is 11.6. The molecule has 0 aliphatic rings. The smallest absolute Gasteiger partial charge is 0.277 e. The lowest BCUT2D eigenvalue weighted by Crippen LogP contribution is -2.24. The van der Waals surface area contributed by atoms with Crippen LogP contribution in [0.2, 0.25) is 0 Å². The summed E-state index contributed by atoms with van der Waals surface area (Å²) in [6.07, 6.45) is 6.14. The lowest BCUT2D eigenvalue weighted by atomic mass is 10.1. The lowest BCUT2D eigenvalue weighted by Gasteiger charge is -2.11. The Balaban J connectivity index is 1.51. The van der Waals surface area contributed by atoms with Crippen molar-refractivity contribution in [3.63, 3.8) is 0 Å². The van der Waals surface area contributed by atoms with E-state index in [-0.39, 0.29) is 12.5 Å². The monoisotopic (exact) mass is 460 g/mol. The van der Waals surface area contributed by atoms with Crippen molar-refractivity contribution in [3.8, 4) is 28.4 Å². The van der Waals surface area contributed by atoms with Crippen LogP contribution in [0.5, 0.6) is 17.2 Å². The molecule has 0 aromatic heterocycles. The highest BCUT2D eigenvalue weighted by atomic mass is 16.5. The molecular formula is C28H32N2O4. The Kier molecular flexibility index (Phi) is 9.99. The van der Waals surface area contributed by atoms with Gasteiger partial charge in [0.15, 0.2) is 18.1 Å². The van der Waals surface area contributed by atoms with Gasteiger partial charge in [0.25, 0.3) is 5.91 Å². The molecule has 3 aromatic carbocycles. The third-order valence-electron chi connectivity index (χ3n) is 5.18. The number of carbonyl (C=O) groups is 1. The molecule has 0 unspecified atom stereocenters. The molecule has 0 aliphatic carbocycles. The normalized spacial score (nSPS) is 10.8. The van der Waals surface area contributed by atoms with Crippen LogP contribution in [0.1, 0.15) is 38.2 Å². The molecular weight excluding hydrogens is 428 g/mol. The minimum atomic E-state index is -0.349. The van der Waals surface area contributed by atoms with Crippen LogP contribution >= 0.6 is 0 Å². The van der Waals surface area contributed by atoms with Gasteiger partial charge in [0.05, 0.1) is 19.9 Å². The summed E-state index contributed by atoms with van der Waals surface area (Å²) in [5.74, 6) is 1.62. The fourth-order valence-corrected chi connectivity index (χ4v) is 3.40. The Labute approximate surface area is 201 Å². The van der Waals surface area contributed by atoms with Crippen molar-refractivity contribution in [2.24, 2.45) is 5.10 Å². The highest BCUT2D eigenvalue weighted by Gasteiger charge is 2.08. The summed E-state index contributed by atoms with van der Waals surface area (Å²) in [5, 5.41) is 4.03. The van der Waals surface area contributed by atoms with Crippen molar-refractivity contribution in [3.05, 3.63) is 78.4 Å². The number of carbonyl (C=O) groups excluding carboxylic acids is 1. The van der Waals surface area contributed by atoms with E-state index in [1.807, 2.05) is 72.8 Å². The van der Waals surface area contributed by atoms with Crippen LogP contribution in [0.15, 0.2) is 77.9 Å². The van der Waals surface area contributed by atoms with Gasteiger partial charge in [0.2, 0.25) is 0 Å². The molecule has 178 valence electrons. The second-order valence-corrected chi connectivity index (χ2v) is 7.76. The maximum absolute atomic E-state index is 12.2. The molecule has 3 aromatic rings. The Hall–Kier alpha value is -3.80. The number of nitrogens with zero attached hydrogens (tertiary/aromatic N) is 1. The molecule has 1 N–H and O–H groups in total. The Morgan fingerprint density at radius 3 is 2.47 bits per heavy atom. The first-order chi connectivity index (χ1) is 16.7. The summed E-state index contributed by atoms with van der Waals surface area (Å²) in [7, 11) is 1.60. The Morgan fingerprint density at radius 1 is 0.882 bits per heavy atom. The Bertz CT molecular complexity index is 1070. The van der Waals surface area contributed by atoms with Gasteiger partial charge in [0, 0.05) is 5.56 Å². The van der Waals surface area contributed by atoms with Gasteiger partial charge in [-0.2, -0.15) is 5.10 Å². The van der Waals surface area contributed by atoms with Gasteiger partial charge >= 0.3 is 0 Å². The van der Waals surface area contributed by atoms with E-state index in [1.165, 1.54) is 12.8 Å². The van der Waals surface area contributed by atoms with Crippen LogP contribution < -0.4 is 19.6 Å². The summed E-state index contributed by atoms with van der Waals surface area (Å²) in [5.41, 5.74) is 5.24. The minimum absolute atomic E-state index is 0.144. The highest BCUT2D eigenvalue weighted by molar-refractivity contribution is 5.84. The summed E-state index contributed by atoms with van der Waals surface area (Å²) in [6.45, 7) is 2.70. The van der Waals surface area contributed by atoms with Crippen LogP contribution in [0, 0.1) is 0 Å². The first-order valence-electron chi connectivity index (χ1n) is 11.6. The molecule has 0 aliphatic heterocycles. The zero-order chi connectivity index (χ0) is 24.0. The fourth-order valence-electron chi connectivity index (χ4n) is 3.40. The molecule has 0 fully saturated rings. The van der Waals surface area contributed by atoms with E-state index in [4.69, 9.17) is 14.2 Å².